The van der Waals surface area contributed by atoms with E-state index in [1.54, 1.807) is 11.8 Å². The molecule has 0 spiro atoms. The molecule has 2 amide bonds. The highest BCUT2D eigenvalue weighted by atomic mass is 35.5. The van der Waals surface area contributed by atoms with Gasteiger partial charge in [0.2, 0.25) is 12.3 Å². The minimum Gasteiger partial charge on any atom is -0.496 e. The molecule has 0 saturated carbocycles. The topological polar surface area (TPSA) is 101 Å². The van der Waals surface area contributed by atoms with E-state index in [4.69, 9.17) is 16.3 Å². The molecule has 47 heavy (non-hydrogen) atoms. The summed E-state index contributed by atoms with van der Waals surface area (Å²) in [5.41, 5.74) is -0.213. The SMILES string of the molecule is C=CC(=O)N1CCN(c2c(N(C)C=O)c(=O)n(-c3c(C)ncnc3C(C)C)c3c(F)c(-c4c(F)cccc4OC)c(Cl)cc23)C[C@H]1C. The van der Waals surface area contributed by atoms with E-state index in [1.807, 2.05) is 25.7 Å². The minimum atomic E-state index is -0.985. The summed E-state index contributed by atoms with van der Waals surface area (Å²) in [6.45, 7) is 11.6. The Kier molecular flexibility index (Phi) is 9.35. The van der Waals surface area contributed by atoms with Crippen molar-refractivity contribution in [2.75, 3.05) is 43.6 Å². The van der Waals surface area contributed by atoms with Crippen LogP contribution in [0.3, 0.4) is 0 Å². The van der Waals surface area contributed by atoms with Crippen LogP contribution in [-0.4, -0.2) is 71.6 Å². The number of anilines is 2. The normalized spacial score (nSPS) is 14.9. The molecule has 246 valence electrons. The van der Waals surface area contributed by atoms with Crippen molar-refractivity contribution in [3.63, 3.8) is 0 Å². The molecule has 10 nitrogen and oxygen atoms in total. The molecule has 1 aliphatic heterocycles. The third-order valence-corrected chi connectivity index (χ3v) is 8.76. The van der Waals surface area contributed by atoms with Gasteiger partial charge in [-0.25, -0.2) is 18.7 Å². The predicted octanol–water partition coefficient (Wildman–Crippen LogP) is 5.64. The number of amides is 2. The Hall–Kier alpha value is -4.84. The molecule has 2 aromatic carbocycles. The summed E-state index contributed by atoms with van der Waals surface area (Å²) < 4.78 is 39.5. The van der Waals surface area contributed by atoms with Crippen molar-refractivity contribution < 1.29 is 23.1 Å². The van der Waals surface area contributed by atoms with Gasteiger partial charge in [-0.15, -0.1) is 0 Å². The van der Waals surface area contributed by atoms with Gasteiger partial charge < -0.3 is 19.4 Å². The lowest BCUT2D eigenvalue weighted by atomic mass is 9.98. The number of nitrogens with zero attached hydrogens (tertiary/aromatic N) is 6. The number of hydrogen-bond donors (Lipinski definition) is 0. The average Bonchev–Trinajstić information content (AvgIpc) is 3.04. The Labute approximate surface area is 275 Å². The maximum Gasteiger partial charge on any atom is 0.281 e. The van der Waals surface area contributed by atoms with Gasteiger partial charge in [-0.05, 0) is 44.0 Å². The lowest BCUT2D eigenvalue weighted by Gasteiger charge is -2.42. The van der Waals surface area contributed by atoms with Crippen molar-refractivity contribution in [2.45, 2.75) is 39.7 Å². The molecular weight excluding hydrogens is 630 g/mol. The zero-order valence-electron chi connectivity index (χ0n) is 27.0. The summed E-state index contributed by atoms with van der Waals surface area (Å²) in [7, 11) is 2.76. The molecular formula is C34H35ClF2N6O4. The number of carbonyl (C=O) groups is 2. The summed E-state index contributed by atoms with van der Waals surface area (Å²) in [5.74, 6) is -2.20. The van der Waals surface area contributed by atoms with Gasteiger partial charge in [0, 0.05) is 43.7 Å². The lowest BCUT2D eigenvalue weighted by Crippen LogP contribution is -2.54. The smallest absolute Gasteiger partial charge is 0.281 e. The lowest BCUT2D eigenvalue weighted by molar-refractivity contribution is -0.128. The minimum absolute atomic E-state index is 0.0375. The van der Waals surface area contributed by atoms with Crippen molar-refractivity contribution in [2.24, 2.45) is 0 Å². The number of carbonyl (C=O) groups excluding carboxylic acids is 2. The summed E-state index contributed by atoms with van der Waals surface area (Å²) in [6.07, 6.45) is 3.09. The van der Waals surface area contributed by atoms with Gasteiger partial charge in [0.1, 0.15) is 23.6 Å². The van der Waals surface area contributed by atoms with Crippen LogP contribution in [0.15, 0.2) is 48.0 Å². The van der Waals surface area contributed by atoms with Crippen LogP contribution in [0, 0.1) is 18.6 Å². The number of benzene rings is 2. The van der Waals surface area contributed by atoms with E-state index in [0.29, 0.717) is 17.8 Å². The molecule has 0 aliphatic carbocycles. The molecule has 2 aromatic heterocycles. The van der Waals surface area contributed by atoms with E-state index in [0.717, 1.165) is 15.5 Å². The zero-order valence-corrected chi connectivity index (χ0v) is 27.7. The number of rotatable bonds is 8. The van der Waals surface area contributed by atoms with E-state index in [-0.39, 0.29) is 87.4 Å². The number of ether oxygens (including phenoxy) is 1. The van der Waals surface area contributed by atoms with Crippen molar-refractivity contribution >= 4 is 46.2 Å². The number of piperazine rings is 1. The molecule has 1 saturated heterocycles. The van der Waals surface area contributed by atoms with Crippen LogP contribution < -0.4 is 20.1 Å². The third-order valence-electron chi connectivity index (χ3n) is 8.46. The van der Waals surface area contributed by atoms with E-state index >= 15 is 8.78 Å². The van der Waals surface area contributed by atoms with Crippen molar-refractivity contribution in [3.05, 3.63) is 81.6 Å². The molecule has 0 unspecified atom stereocenters. The van der Waals surface area contributed by atoms with Crippen molar-refractivity contribution in [1.82, 2.24) is 19.4 Å². The molecule has 0 bridgehead atoms. The Bertz CT molecular complexity index is 1980. The van der Waals surface area contributed by atoms with Crippen molar-refractivity contribution in [1.29, 1.82) is 0 Å². The van der Waals surface area contributed by atoms with Crippen LogP contribution in [0.4, 0.5) is 20.2 Å². The molecule has 0 N–H and O–H groups in total. The highest BCUT2D eigenvalue weighted by molar-refractivity contribution is 6.34. The van der Waals surface area contributed by atoms with Crippen molar-refractivity contribution in [3.8, 4) is 22.6 Å². The standard InChI is InChI=1S/C34H35ClF2N6O4/c1-8-25(45)42-13-12-41(15-19(42)4)32-21-14-22(35)26(27-23(36)10-9-11-24(27)47-7)28(37)31(21)43(34(46)33(32)40(6)17-44)30-20(5)38-16-39-29(30)18(2)3/h8-11,14,16-19H,1,12-13,15H2,2-7H3/t19-/m1/s1. The fourth-order valence-corrected chi connectivity index (χ4v) is 6.57. The number of fused-ring (bicyclic) bond motifs is 1. The average molecular weight is 665 g/mol. The van der Waals surface area contributed by atoms with Crippen LogP contribution in [-0.2, 0) is 9.59 Å². The summed E-state index contributed by atoms with van der Waals surface area (Å²) in [6, 6.07) is 5.21. The first kappa shape index (κ1) is 33.5. The molecule has 13 heteroatoms. The number of hydrogen-bond acceptors (Lipinski definition) is 7. The molecule has 0 radical (unpaired) electrons. The first-order valence-electron chi connectivity index (χ1n) is 15.0. The third kappa shape index (κ3) is 5.60. The Morgan fingerprint density at radius 3 is 2.53 bits per heavy atom. The van der Waals surface area contributed by atoms with Gasteiger partial charge in [-0.3, -0.25) is 19.0 Å². The molecule has 1 aliphatic rings. The second-order valence-electron chi connectivity index (χ2n) is 11.7. The highest BCUT2D eigenvalue weighted by Crippen LogP contribution is 2.46. The van der Waals surface area contributed by atoms with Crippen LogP contribution in [0.1, 0.15) is 38.1 Å². The monoisotopic (exact) mass is 664 g/mol. The van der Waals surface area contributed by atoms with Gasteiger partial charge in [0.15, 0.2) is 5.82 Å². The second-order valence-corrected chi connectivity index (χ2v) is 12.1. The van der Waals surface area contributed by atoms with Crippen LogP contribution >= 0.6 is 11.6 Å². The second kappa shape index (κ2) is 13.1. The fraction of sp³-hybridized carbons (Fsp3) is 0.324. The van der Waals surface area contributed by atoms with E-state index in [9.17, 15) is 14.4 Å². The molecule has 3 heterocycles. The van der Waals surface area contributed by atoms with E-state index in [2.05, 4.69) is 16.5 Å². The van der Waals surface area contributed by atoms with Gasteiger partial charge in [-0.2, -0.15) is 0 Å². The number of pyridine rings is 1. The van der Waals surface area contributed by atoms with Gasteiger partial charge in [0.25, 0.3) is 5.56 Å². The van der Waals surface area contributed by atoms with Gasteiger partial charge >= 0.3 is 0 Å². The van der Waals surface area contributed by atoms with Gasteiger partial charge in [0.05, 0.1) is 46.0 Å². The van der Waals surface area contributed by atoms with Gasteiger partial charge in [-0.1, -0.05) is 38.1 Å². The Morgan fingerprint density at radius 1 is 1.19 bits per heavy atom. The predicted molar refractivity (Wildman–Crippen MR) is 179 cm³/mol. The zero-order chi connectivity index (χ0) is 34.3. The molecule has 1 fully saturated rings. The maximum atomic E-state index is 17.5. The van der Waals surface area contributed by atoms with E-state index in [1.165, 1.54) is 44.8 Å². The quantitative estimate of drug-likeness (QED) is 0.178. The summed E-state index contributed by atoms with van der Waals surface area (Å²) >= 11 is 6.84. The number of aromatic nitrogens is 3. The molecule has 5 rings (SSSR count). The first-order valence-corrected chi connectivity index (χ1v) is 15.4. The summed E-state index contributed by atoms with van der Waals surface area (Å²) in [4.78, 5) is 53.1. The molecule has 1 atom stereocenters. The highest BCUT2D eigenvalue weighted by Gasteiger charge is 2.34. The summed E-state index contributed by atoms with van der Waals surface area (Å²) in [5, 5.41) is 0.0340. The largest absolute Gasteiger partial charge is 0.496 e. The number of halogens is 3. The molecule has 4 aromatic rings. The first-order chi connectivity index (χ1) is 22.4. The Balaban J connectivity index is 2.00. The van der Waals surface area contributed by atoms with E-state index < -0.39 is 17.2 Å². The van der Waals surface area contributed by atoms with Crippen LogP contribution in [0.5, 0.6) is 5.75 Å². The van der Waals surface area contributed by atoms with Crippen LogP contribution in [0.2, 0.25) is 5.02 Å². The maximum absolute atomic E-state index is 17.5. The number of aryl methyl sites for hydroxylation is 1. The fourth-order valence-electron chi connectivity index (χ4n) is 6.28. The van der Waals surface area contributed by atoms with Crippen LogP contribution in [0.25, 0.3) is 27.7 Å². The number of methoxy groups -OCH3 is 1. The Morgan fingerprint density at radius 2 is 1.91 bits per heavy atom.